The first-order valence-corrected chi connectivity index (χ1v) is 7.66. The summed E-state index contributed by atoms with van der Waals surface area (Å²) < 4.78 is 28.8. The van der Waals surface area contributed by atoms with Crippen LogP contribution in [0.3, 0.4) is 0 Å². The van der Waals surface area contributed by atoms with Crippen LogP contribution in [0.15, 0.2) is 0 Å². The molecule has 1 atom stereocenters. The number of esters is 1. The van der Waals surface area contributed by atoms with Gasteiger partial charge in [0.2, 0.25) is 10.0 Å². The normalized spacial score (nSPS) is 20.6. The Balaban J connectivity index is 2.46. The molecule has 0 radical (unpaired) electrons. The Morgan fingerprint density at radius 1 is 1.33 bits per heavy atom. The van der Waals surface area contributed by atoms with Gasteiger partial charge in [0, 0.05) is 32.7 Å². The molecule has 18 heavy (non-hydrogen) atoms. The largest absolute Gasteiger partial charge is 0.468 e. The number of methoxy groups -OCH3 is 1. The third-order valence-corrected chi connectivity index (χ3v) is 4.38. The number of likely N-dealkylation sites (N-methyl/N-ethyl adjacent to an activating group) is 1. The molecule has 0 bridgehead atoms. The molecule has 0 saturated carbocycles. The topological polar surface area (TPSA) is 79.0 Å². The summed E-state index contributed by atoms with van der Waals surface area (Å²) in [6.07, 6.45) is 1.22. The second-order valence-electron chi connectivity index (χ2n) is 4.33. The molecule has 1 saturated heterocycles. The minimum Gasteiger partial charge on any atom is -0.468 e. The van der Waals surface area contributed by atoms with Gasteiger partial charge in [0.1, 0.15) is 6.04 Å². The van der Waals surface area contributed by atoms with Gasteiger partial charge < -0.3 is 10.1 Å². The molecular formula is C10H21N3O4S. The van der Waals surface area contributed by atoms with Gasteiger partial charge in [-0.1, -0.05) is 0 Å². The Morgan fingerprint density at radius 3 is 2.28 bits per heavy atom. The Kier molecular flexibility index (Phi) is 5.51. The zero-order chi connectivity index (χ0) is 13.8. The van der Waals surface area contributed by atoms with Crippen LogP contribution >= 0.6 is 0 Å². The maximum atomic E-state index is 11.4. The third-order valence-electron chi connectivity index (χ3n) is 3.08. The first kappa shape index (κ1) is 15.4. The first-order valence-electron chi connectivity index (χ1n) is 5.81. The molecule has 8 heteroatoms. The monoisotopic (exact) mass is 279 g/mol. The molecule has 0 amide bonds. The van der Waals surface area contributed by atoms with Crippen molar-refractivity contribution in [3.05, 3.63) is 0 Å². The first-order chi connectivity index (χ1) is 8.38. The second kappa shape index (κ2) is 6.46. The Bertz CT molecular complexity index is 377. The van der Waals surface area contributed by atoms with Crippen LogP contribution in [0, 0.1) is 0 Å². The lowest BCUT2D eigenvalue weighted by Crippen LogP contribution is -2.53. The predicted octanol–water partition coefficient (Wildman–Crippen LogP) is -1.68. The van der Waals surface area contributed by atoms with Crippen LogP contribution in [-0.2, 0) is 19.6 Å². The summed E-state index contributed by atoms with van der Waals surface area (Å²) in [5.74, 6) is -0.303. The van der Waals surface area contributed by atoms with Crippen molar-refractivity contribution in [2.45, 2.75) is 6.04 Å². The van der Waals surface area contributed by atoms with Crippen molar-refractivity contribution < 1.29 is 17.9 Å². The van der Waals surface area contributed by atoms with E-state index in [1.54, 1.807) is 7.05 Å². The molecule has 0 aromatic carbocycles. The van der Waals surface area contributed by atoms with E-state index in [1.165, 1.54) is 17.7 Å². The summed E-state index contributed by atoms with van der Waals surface area (Å²) in [5, 5.41) is 2.89. The summed E-state index contributed by atoms with van der Waals surface area (Å²) >= 11 is 0. The summed E-state index contributed by atoms with van der Waals surface area (Å²) in [4.78, 5) is 13.5. The van der Waals surface area contributed by atoms with E-state index in [-0.39, 0.29) is 12.0 Å². The minimum atomic E-state index is -3.10. The van der Waals surface area contributed by atoms with E-state index in [1.807, 2.05) is 0 Å². The fourth-order valence-corrected chi connectivity index (χ4v) is 2.75. The quantitative estimate of drug-likeness (QED) is 0.606. The highest BCUT2D eigenvalue weighted by atomic mass is 32.2. The number of carbonyl (C=O) groups is 1. The molecule has 1 N–H and O–H groups in total. The van der Waals surface area contributed by atoms with Crippen LogP contribution in [0.5, 0.6) is 0 Å². The minimum absolute atomic E-state index is 0.303. The second-order valence-corrected chi connectivity index (χ2v) is 6.31. The van der Waals surface area contributed by atoms with Crippen LogP contribution in [0.4, 0.5) is 0 Å². The van der Waals surface area contributed by atoms with Gasteiger partial charge in [-0.05, 0) is 7.05 Å². The van der Waals surface area contributed by atoms with Gasteiger partial charge in [0.25, 0.3) is 0 Å². The van der Waals surface area contributed by atoms with Crippen LogP contribution in [-0.4, -0.2) is 82.8 Å². The number of ether oxygens (including phenoxy) is 1. The molecule has 0 aliphatic carbocycles. The lowest BCUT2D eigenvalue weighted by molar-refractivity contribution is -0.143. The number of rotatable bonds is 5. The highest BCUT2D eigenvalue weighted by molar-refractivity contribution is 7.88. The summed E-state index contributed by atoms with van der Waals surface area (Å²) in [7, 11) is -0.0468. The van der Waals surface area contributed by atoms with Crippen LogP contribution in [0.25, 0.3) is 0 Å². The van der Waals surface area contributed by atoms with E-state index in [2.05, 4.69) is 15.0 Å². The summed E-state index contributed by atoms with van der Waals surface area (Å²) in [6.45, 7) is 2.72. The average molecular weight is 279 g/mol. The van der Waals surface area contributed by atoms with Gasteiger partial charge in [0.15, 0.2) is 0 Å². The third kappa shape index (κ3) is 4.20. The van der Waals surface area contributed by atoms with E-state index in [4.69, 9.17) is 0 Å². The molecule has 0 aromatic rings. The Labute approximate surface area is 108 Å². The zero-order valence-corrected chi connectivity index (χ0v) is 11.9. The number of nitrogens with one attached hydrogen (secondary N) is 1. The van der Waals surface area contributed by atoms with E-state index < -0.39 is 10.0 Å². The van der Waals surface area contributed by atoms with Gasteiger partial charge in [-0.3, -0.25) is 9.69 Å². The van der Waals surface area contributed by atoms with Crippen molar-refractivity contribution in [1.82, 2.24) is 14.5 Å². The zero-order valence-electron chi connectivity index (χ0n) is 11.0. The number of piperazine rings is 1. The number of nitrogens with zero attached hydrogens (tertiary/aromatic N) is 2. The summed E-state index contributed by atoms with van der Waals surface area (Å²) in [5.41, 5.74) is 0. The SMILES string of the molecule is CNC(CN1CCN(S(C)(=O)=O)CC1)C(=O)OC. The number of sulfonamides is 1. The maximum Gasteiger partial charge on any atom is 0.324 e. The molecule has 1 aliphatic heterocycles. The molecule has 1 fully saturated rings. The van der Waals surface area contributed by atoms with Crippen LogP contribution < -0.4 is 5.32 Å². The smallest absolute Gasteiger partial charge is 0.324 e. The van der Waals surface area contributed by atoms with Gasteiger partial charge >= 0.3 is 5.97 Å². The van der Waals surface area contributed by atoms with Crippen molar-refractivity contribution in [2.24, 2.45) is 0 Å². The molecular weight excluding hydrogens is 258 g/mol. The molecule has 0 spiro atoms. The molecule has 0 aromatic heterocycles. The highest BCUT2D eigenvalue weighted by Gasteiger charge is 2.26. The highest BCUT2D eigenvalue weighted by Crippen LogP contribution is 2.06. The van der Waals surface area contributed by atoms with Gasteiger partial charge in [0.05, 0.1) is 13.4 Å². The van der Waals surface area contributed by atoms with Crippen LogP contribution in [0.1, 0.15) is 0 Å². The van der Waals surface area contributed by atoms with Crippen molar-refractivity contribution in [3.8, 4) is 0 Å². The van der Waals surface area contributed by atoms with Crippen molar-refractivity contribution >= 4 is 16.0 Å². The lowest BCUT2D eigenvalue weighted by atomic mass is 10.2. The maximum absolute atomic E-state index is 11.4. The van der Waals surface area contributed by atoms with E-state index >= 15 is 0 Å². The fourth-order valence-electron chi connectivity index (χ4n) is 1.93. The number of carbonyl (C=O) groups excluding carboxylic acids is 1. The van der Waals surface area contributed by atoms with Gasteiger partial charge in [-0.25, -0.2) is 8.42 Å². The molecule has 1 heterocycles. The molecule has 106 valence electrons. The van der Waals surface area contributed by atoms with E-state index in [0.717, 1.165) is 0 Å². The molecule has 7 nitrogen and oxygen atoms in total. The van der Waals surface area contributed by atoms with Crippen molar-refractivity contribution in [2.75, 3.05) is 53.1 Å². The Morgan fingerprint density at radius 2 is 1.89 bits per heavy atom. The van der Waals surface area contributed by atoms with Crippen LogP contribution in [0.2, 0.25) is 0 Å². The van der Waals surface area contributed by atoms with Crippen molar-refractivity contribution in [3.63, 3.8) is 0 Å². The fraction of sp³-hybridized carbons (Fsp3) is 0.900. The Hall–Kier alpha value is -0.700. The van der Waals surface area contributed by atoms with Crippen molar-refractivity contribution in [1.29, 1.82) is 0 Å². The summed E-state index contributed by atoms with van der Waals surface area (Å²) in [6, 6.07) is -0.375. The van der Waals surface area contributed by atoms with Gasteiger partial charge in [-0.15, -0.1) is 0 Å². The molecule has 1 unspecified atom stereocenters. The standard InChI is InChI=1S/C10H21N3O4S/c1-11-9(10(14)17-2)8-12-4-6-13(7-5-12)18(3,15)16/h9,11H,4-8H2,1-3H3. The predicted molar refractivity (Wildman–Crippen MR) is 67.7 cm³/mol. The van der Waals surface area contributed by atoms with Gasteiger partial charge in [-0.2, -0.15) is 4.31 Å². The average Bonchev–Trinajstić information content (AvgIpc) is 2.34. The van der Waals surface area contributed by atoms with E-state index in [0.29, 0.717) is 32.7 Å². The number of hydrogen-bond acceptors (Lipinski definition) is 6. The number of hydrogen-bond donors (Lipinski definition) is 1. The molecule has 1 rings (SSSR count). The lowest BCUT2D eigenvalue weighted by Gasteiger charge is -2.34. The molecule has 1 aliphatic rings. The van der Waals surface area contributed by atoms with E-state index in [9.17, 15) is 13.2 Å².